The Balaban J connectivity index is 1.90. The minimum Gasteiger partial charge on any atom is -0.493 e. The Morgan fingerprint density at radius 3 is 2.22 bits per heavy atom. The molecule has 0 bridgehead atoms. The van der Waals surface area contributed by atoms with Crippen molar-refractivity contribution in [2.45, 2.75) is 5.92 Å². The lowest BCUT2D eigenvalue weighted by Crippen LogP contribution is -2.32. The first-order chi connectivity index (χ1) is 15.5. The number of hydrogen-bond acceptors (Lipinski definition) is 6. The van der Waals surface area contributed by atoms with Crippen LogP contribution >= 0.6 is 0 Å². The lowest BCUT2D eigenvalue weighted by Gasteiger charge is -2.30. The normalized spacial score (nSPS) is 14.3. The maximum absolute atomic E-state index is 13.0. The molecule has 4 aromatic rings. The van der Waals surface area contributed by atoms with Gasteiger partial charge in [0.1, 0.15) is 5.82 Å². The van der Waals surface area contributed by atoms with Gasteiger partial charge in [-0.3, -0.25) is 14.8 Å². The predicted molar refractivity (Wildman–Crippen MR) is 122 cm³/mol. The zero-order valence-corrected chi connectivity index (χ0v) is 17.7. The molecule has 8 nitrogen and oxygen atoms in total. The molecule has 0 fully saturated rings. The smallest absolute Gasteiger partial charge is 0.327 e. The summed E-state index contributed by atoms with van der Waals surface area (Å²) in [6.45, 7) is 0. The highest BCUT2D eigenvalue weighted by atomic mass is 16.5. The van der Waals surface area contributed by atoms with Crippen LogP contribution in [0.15, 0.2) is 58.1 Å². The van der Waals surface area contributed by atoms with Gasteiger partial charge in [-0.15, -0.1) is 0 Å². The molecule has 3 aromatic carbocycles. The van der Waals surface area contributed by atoms with Crippen LogP contribution in [0, 0.1) is 0 Å². The molecular weight excluding hydrogens is 410 g/mol. The highest BCUT2D eigenvalue weighted by molar-refractivity contribution is 5.94. The number of aromatic nitrogens is 2. The van der Waals surface area contributed by atoms with E-state index < -0.39 is 17.2 Å². The molecule has 2 heterocycles. The highest BCUT2D eigenvalue weighted by Crippen LogP contribution is 2.48. The van der Waals surface area contributed by atoms with Crippen molar-refractivity contribution in [3.63, 3.8) is 0 Å². The molecule has 5 rings (SSSR count). The number of H-pyrrole nitrogens is 2. The standard InChI is InChI=1S/C24H21N3O5/c1-30-16-10-13(11-17(31-2)21(16)32-3)18-19-14-7-5-4-6-12(14)8-9-15(19)25-22-20(18)23(28)27-24(29)26-22/h4-11,18H,1-3H3,(H3,25,26,27,28,29)/t18-/m1/s1. The van der Waals surface area contributed by atoms with Crippen LogP contribution in [0.4, 0.5) is 11.5 Å². The van der Waals surface area contributed by atoms with E-state index in [-0.39, 0.29) is 0 Å². The van der Waals surface area contributed by atoms with Crippen LogP contribution in [0.5, 0.6) is 17.2 Å². The molecule has 0 amide bonds. The van der Waals surface area contributed by atoms with Gasteiger partial charge in [0.05, 0.1) is 26.9 Å². The quantitative estimate of drug-likeness (QED) is 0.402. The average Bonchev–Trinajstić information content (AvgIpc) is 2.81. The number of hydrogen-bond donors (Lipinski definition) is 3. The molecule has 0 saturated carbocycles. The summed E-state index contributed by atoms with van der Waals surface area (Å²) in [4.78, 5) is 30.1. The number of aromatic amines is 2. The zero-order chi connectivity index (χ0) is 22.4. The van der Waals surface area contributed by atoms with E-state index in [4.69, 9.17) is 14.2 Å². The SMILES string of the molecule is COc1cc([C@H]2c3c([nH]c(=O)[nH]c3=O)Nc3ccc4ccccc4c32)cc(OC)c1OC. The Hall–Kier alpha value is -4.20. The lowest BCUT2D eigenvalue weighted by atomic mass is 9.80. The largest absolute Gasteiger partial charge is 0.493 e. The topological polar surface area (TPSA) is 105 Å². The zero-order valence-electron chi connectivity index (χ0n) is 17.7. The van der Waals surface area contributed by atoms with Crippen LogP contribution < -0.4 is 30.8 Å². The number of benzene rings is 3. The van der Waals surface area contributed by atoms with Gasteiger partial charge in [0.2, 0.25) is 5.75 Å². The Bertz CT molecular complexity index is 1450. The van der Waals surface area contributed by atoms with Crippen molar-refractivity contribution in [3.8, 4) is 17.2 Å². The van der Waals surface area contributed by atoms with Gasteiger partial charge in [-0.05, 0) is 40.1 Å². The number of ether oxygens (including phenoxy) is 3. The molecule has 0 radical (unpaired) electrons. The van der Waals surface area contributed by atoms with Crippen molar-refractivity contribution >= 4 is 22.3 Å². The number of nitrogens with one attached hydrogen (secondary N) is 3. The van der Waals surface area contributed by atoms with E-state index >= 15 is 0 Å². The fourth-order valence-corrected chi connectivity index (χ4v) is 4.47. The second-order valence-electron chi connectivity index (χ2n) is 7.46. The second-order valence-corrected chi connectivity index (χ2v) is 7.46. The van der Waals surface area contributed by atoms with Crippen LogP contribution in [0.3, 0.4) is 0 Å². The van der Waals surface area contributed by atoms with Crippen molar-refractivity contribution in [2.75, 3.05) is 26.6 Å². The Morgan fingerprint density at radius 2 is 1.53 bits per heavy atom. The van der Waals surface area contributed by atoms with Gasteiger partial charge in [-0.1, -0.05) is 30.3 Å². The van der Waals surface area contributed by atoms with Gasteiger partial charge in [0, 0.05) is 11.6 Å². The fraction of sp³-hybridized carbons (Fsp3) is 0.167. The number of methoxy groups -OCH3 is 3. The molecule has 0 unspecified atom stereocenters. The molecule has 162 valence electrons. The molecule has 1 aliphatic heterocycles. The summed E-state index contributed by atoms with van der Waals surface area (Å²) >= 11 is 0. The summed E-state index contributed by atoms with van der Waals surface area (Å²) in [6.07, 6.45) is 0. The summed E-state index contributed by atoms with van der Waals surface area (Å²) in [6, 6.07) is 15.6. The van der Waals surface area contributed by atoms with Crippen LogP contribution in [0.25, 0.3) is 10.8 Å². The van der Waals surface area contributed by atoms with Gasteiger partial charge >= 0.3 is 5.69 Å². The number of fused-ring (bicyclic) bond motifs is 4. The van der Waals surface area contributed by atoms with Crippen molar-refractivity contribution < 1.29 is 14.2 Å². The van der Waals surface area contributed by atoms with Crippen LogP contribution in [0.2, 0.25) is 0 Å². The monoisotopic (exact) mass is 431 g/mol. The van der Waals surface area contributed by atoms with Crippen molar-refractivity contribution in [1.29, 1.82) is 0 Å². The summed E-state index contributed by atoms with van der Waals surface area (Å²) in [7, 11) is 4.63. The first-order valence-electron chi connectivity index (χ1n) is 10.0. The van der Waals surface area contributed by atoms with E-state index in [1.54, 1.807) is 14.2 Å². The van der Waals surface area contributed by atoms with E-state index in [1.165, 1.54) is 7.11 Å². The van der Waals surface area contributed by atoms with Crippen molar-refractivity contribution in [1.82, 2.24) is 9.97 Å². The minimum atomic E-state index is -0.575. The summed E-state index contributed by atoms with van der Waals surface area (Å²) in [5.41, 5.74) is 1.85. The molecule has 0 saturated heterocycles. The minimum absolute atomic E-state index is 0.361. The van der Waals surface area contributed by atoms with Gasteiger partial charge in [-0.2, -0.15) is 0 Å². The van der Waals surface area contributed by atoms with Gasteiger partial charge in [-0.25, -0.2) is 4.79 Å². The first-order valence-corrected chi connectivity index (χ1v) is 10.0. The van der Waals surface area contributed by atoms with Crippen molar-refractivity contribution in [2.24, 2.45) is 0 Å². The third-order valence-corrected chi connectivity index (χ3v) is 5.81. The highest BCUT2D eigenvalue weighted by Gasteiger charge is 2.33. The van der Waals surface area contributed by atoms with Crippen LogP contribution in [-0.2, 0) is 0 Å². The molecule has 8 heteroatoms. The van der Waals surface area contributed by atoms with Crippen molar-refractivity contribution in [3.05, 3.63) is 86.1 Å². The molecule has 1 aromatic heterocycles. The molecular formula is C24H21N3O5. The Labute approximate surface area is 182 Å². The number of anilines is 2. The van der Waals surface area contributed by atoms with E-state index in [9.17, 15) is 9.59 Å². The second kappa shape index (κ2) is 7.49. The first kappa shape index (κ1) is 19.7. The van der Waals surface area contributed by atoms with Crippen LogP contribution in [-0.4, -0.2) is 31.3 Å². The fourth-order valence-electron chi connectivity index (χ4n) is 4.47. The van der Waals surface area contributed by atoms with E-state index in [2.05, 4.69) is 15.3 Å². The van der Waals surface area contributed by atoms with E-state index in [1.807, 2.05) is 48.5 Å². The van der Waals surface area contributed by atoms with Gasteiger partial charge in [0.25, 0.3) is 5.56 Å². The van der Waals surface area contributed by atoms with E-state index in [0.717, 1.165) is 27.6 Å². The third kappa shape index (κ3) is 2.91. The third-order valence-electron chi connectivity index (χ3n) is 5.81. The molecule has 0 aliphatic carbocycles. The summed E-state index contributed by atoms with van der Waals surface area (Å²) in [5.74, 6) is 1.28. The molecule has 32 heavy (non-hydrogen) atoms. The predicted octanol–water partition coefficient (Wildman–Crippen LogP) is 3.48. The summed E-state index contributed by atoms with van der Waals surface area (Å²) in [5, 5.41) is 5.26. The molecule has 0 spiro atoms. The lowest BCUT2D eigenvalue weighted by molar-refractivity contribution is 0.323. The molecule has 1 aliphatic rings. The average molecular weight is 431 g/mol. The number of rotatable bonds is 4. The molecule has 3 N–H and O–H groups in total. The van der Waals surface area contributed by atoms with Gasteiger partial charge < -0.3 is 19.5 Å². The Kier molecular flexibility index (Phi) is 4.62. The molecule has 1 atom stereocenters. The van der Waals surface area contributed by atoms with Gasteiger partial charge in [0.15, 0.2) is 11.5 Å². The van der Waals surface area contributed by atoms with E-state index in [0.29, 0.717) is 28.6 Å². The Morgan fingerprint density at radius 1 is 0.812 bits per heavy atom. The maximum atomic E-state index is 13.0. The van der Waals surface area contributed by atoms with Crippen LogP contribution in [0.1, 0.15) is 22.6 Å². The maximum Gasteiger partial charge on any atom is 0.327 e. The summed E-state index contributed by atoms with van der Waals surface area (Å²) < 4.78 is 16.6.